The molecule has 0 aliphatic heterocycles. The molecule has 0 atom stereocenters. The molecule has 26 heavy (non-hydrogen) atoms. The predicted octanol–water partition coefficient (Wildman–Crippen LogP) is 4.48. The first-order valence-electron chi connectivity index (χ1n) is 8.91. The molecule has 2 rings (SSSR count). The summed E-state index contributed by atoms with van der Waals surface area (Å²) in [4.78, 5) is 2.32. The molecule has 0 fully saturated rings. The number of nitriles is 1. The van der Waals surface area contributed by atoms with Gasteiger partial charge in [-0.15, -0.1) is 0 Å². The van der Waals surface area contributed by atoms with Crippen molar-refractivity contribution in [1.29, 1.82) is 5.26 Å². The van der Waals surface area contributed by atoms with Gasteiger partial charge in [-0.3, -0.25) is 0 Å². The van der Waals surface area contributed by atoms with Gasteiger partial charge in [-0.05, 0) is 66.7 Å². The maximum Gasteiger partial charge on any atom is 0.119 e. The van der Waals surface area contributed by atoms with Crippen LogP contribution in [-0.2, 0) is 0 Å². The van der Waals surface area contributed by atoms with Gasteiger partial charge in [0.2, 0.25) is 0 Å². The lowest BCUT2D eigenvalue weighted by molar-refractivity contribution is 0.223. The fraction of sp³-hybridized carbons (Fsp3) is 0.318. The number of ether oxygens (including phenoxy) is 2. The molecular weight excluding hydrogens is 324 g/mol. The van der Waals surface area contributed by atoms with Crippen LogP contribution in [0.15, 0.2) is 48.5 Å². The van der Waals surface area contributed by atoms with Crippen molar-refractivity contribution in [1.82, 2.24) is 4.90 Å². The van der Waals surface area contributed by atoms with Gasteiger partial charge in [-0.25, -0.2) is 0 Å². The molecular formula is C22H26N2O2. The van der Waals surface area contributed by atoms with Crippen LogP contribution in [-0.4, -0.2) is 38.3 Å². The Morgan fingerprint density at radius 2 is 1.62 bits per heavy atom. The third kappa shape index (κ3) is 5.65. The zero-order chi connectivity index (χ0) is 18.8. The minimum Gasteiger partial charge on any atom is -0.497 e. The maximum absolute atomic E-state index is 9.46. The van der Waals surface area contributed by atoms with Gasteiger partial charge in [0.15, 0.2) is 0 Å². The van der Waals surface area contributed by atoms with E-state index in [1.807, 2.05) is 54.6 Å². The zero-order valence-electron chi connectivity index (χ0n) is 15.7. The van der Waals surface area contributed by atoms with Crippen molar-refractivity contribution in [2.45, 2.75) is 13.8 Å². The Kier molecular flexibility index (Phi) is 7.73. The highest BCUT2D eigenvalue weighted by molar-refractivity contribution is 5.89. The van der Waals surface area contributed by atoms with Crippen molar-refractivity contribution in [2.24, 2.45) is 0 Å². The van der Waals surface area contributed by atoms with E-state index in [0.717, 1.165) is 42.3 Å². The van der Waals surface area contributed by atoms with Crippen LogP contribution in [0.25, 0.3) is 11.6 Å². The molecule has 0 heterocycles. The van der Waals surface area contributed by atoms with Crippen LogP contribution in [0.1, 0.15) is 25.0 Å². The molecule has 0 radical (unpaired) electrons. The van der Waals surface area contributed by atoms with Crippen molar-refractivity contribution >= 4 is 11.6 Å². The van der Waals surface area contributed by atoms with Gasteiger partial charge < -0.3 is 14.4 Å². The summed E-state index contributed by atoms with van der Waals surface area (Å²) >= 11 is 0. The molecule has 0 bridgehead atoms. The minimum absolute atomic E-state index is 0.614. The van der Waals surface area contributed by atoms with Crippen molar-refractivity contribution in [3.63, 3.8) is 0 Å². The number of nitrogens with zero attached hydrogens (tertiary/aromatic N) is 2. The Bertz CT molecular complexity index is 739. The van der Waals surface area contributed by atoms with Crippen molar-refractivity contribution in [3.8, 4) is 17.6 Å². The Morgan fingerprint density at radius 1 is 1.00 bits per heavy atom. The highest BCUT2D eigenvalue weighted by Crippen LogP contribution is 2.22. The summed E-state index contributed by atoms with van der Waals surface area (Å²) in [6, 6.07) is 17.6. The summed E-state index contributed by atoms with van der Waals surface area (Å²) in [5.41, 5.74) is 2.45. The van der Waals surface area contributed by atoms with Gasteiger partial charge in [0.1, 0.15) is 18.1 Å². The number of hydrogen-bond donors (Lipinski definition) is 0. The highest BCUT2D eigenvalue weighted by atomic mass is 16.5. The second-order valence-corrected chi connectivity index (χ2v) is 5.84. The average Bonchev–Trinajstić information content (AvgIpc) is 2.70. The molecule has 0 spiro atoms. The topological polar surface area (TPSA) is 45.5 Å². The van der Waals surface area contributed by atoms with E-state index in [2.05, 4.69) is 24.8 Å². The molecule has 136 valence electrons. The lowest BCUT2D eigenvalue weighted by Gasteiger charge is -2.18. The molecule has 0 aliphatic rings. The summed E-state index contributed by atoms with van der Waals surface area (Å²) in [6.07, 6.45) is 1.88. The number of allylic oxidation sites excluding steroid dienone is 1. The molecule has 0 N–H and O–H groups in total. The van der Waals surface area contributed by atoms with Crippen LogP contribution in [0.3, 0.4) is 0 Å². The second-order valence-electron chi connectivity index (χ2n) is 5.84. The molecule has 0 aromatic heterocycles. The monoisotopic (exact) mass is 350 g/mol. The molecule has 4 heteroatoms. The van der Waals surface area contributed by atoms with Crippen LogP contribution in [0.2, 0.25) is 0 Å². The van der Waals surface area contributed by atoms with E-state index in [0.29, 0.717) is 12.2 Å². The predicted molar refractivity (Wildman–Crippen MR) is 106 cm³/mol. The maximum atomic E-state index is 9.46. The van der Waals surface area contributed by atoms with E-state index in [1.54, 1.807) is 7.11 Å². The lowest BCUT2D eigenvalue weighted by atomic mass is 10.0. The van der Waals surface area contributed by atoms with Gasteiger partial charge in [-0.2, -0.15) is 5.26 Å². The number of rotatable bonds is 9. The summed E-state index contributed by atoms with van der Waals surface area (Å²) in [5, 5.41) is 9.46. The van der Waals surface area contributed by atoms with E-state index < -0.39 is 0 Å². The summed E-state index contributed by atoms with van der Waals surface area (Å²) < 4.78 is 11.0. The van der Waals surface area contributed by atoms with Crippen LogP contribution < -0.4 is 9.47 Å². The normalized spacial score (nSPS) is 11.3. The quantitative estimate of drug-likeness (QED) is 0.494. The molecule has 0 saturated carbocycles. The Labute approximate surface area is 156 Å². The third-order valence-electron chi connectivity index (χ3n) is 4.28. The van der Waals surface area contributed by atoms with Crippen molar-refractivity contribution in [2.75, 3.05) is 33.4 Å². The molecule has 2 aromatic rings. The molecule has 2 aromatic carbocycles. The van der Waals surface area contributed by atoms with Crippen LogP contribution in [0.4, 0.5) is 0 Å². The van der Waals surface area contributed by atoms with Crippen LogP contribution in [0, 0.1) is 11.3 Å². The fourth-order valence-corrected chi connectivity index (χ4v) is 2.61. The first-order valence-corrected chi connectivity index (χ1v) is 8.91. The Morgan fingerprint density at radius 3 is 2.15 bits per heavy atom. The minimum atomic E-state index is 0.614. The Balaban J connectivity index is 2.01. The number of likely N-dealkylation sites (N-methyl/N-ethyl adjacent to an activating group) is 1. The van der Waals surface area contributed by atoms with Crippen molar-refractivity contribution in [3.05, 3.63) is 59.7 Å². The van der Waals surface area contributed by atoms with E-state index in [4.69, 9.17) is 9.47 Å². The van der Waals surface area contributed by atoms with Gasteiger partial charge in [0.25, 0.3) is 0 Å². The largest absolute Gasteiger partial charge is 0.497 e. The third-order valence-corrected chi connectivity index (χ3v) is 4.28. The summed E-state index contributed by atoms with van der Waals surface area (Å²) in [6.45, 7) is 7.97. The van der Waals surface area contributed by atoms with Crippen LogP contribution in [0.5, 0.6) is 11.5 Å². The first-order chi connectivity index (χ1) is 12.7. The fourth-order valence-electron chi connectivity index (χ4n) is 2.61. The van der Waals surface area contributed by atoms with Crippen LogP contribution >= 0.6 is 0 Å². The van der Waals surface area contributed by atoms with Crippen molar-refractivity contribution < 1.29 is 9.47 Å². The smallest absolute Gasteiger partial charge is 0.119 e. The molecule has 0 amide bonds. The summed E-state index contributed by atoms with van der Waals surface area (Å²) in [5.74, 6) is 1.62. The number of benzene rings is 2. The van der Waals surface area contributed by atoms with E-state index in [-0.39, 0.29) is 0 Å². The standard InChI is InChI=1S/C22H26N2O2/c1-4-24(5-2)14-15-26-22-10-6-18(7-11-22)16-20(17-23)19-8-12-21(25-3)13-9-19/h6-13,16H,4-5,14-15H2,1-3H3. The first kappa shape index (κ1) is 19.6. The van der Waals surface area contributed by atoms with Gasteiger partial charge in [0.05, 0.1) is 18.8 Å². The molecule has 0 aliphatic carbocycles. The Hall–Kier alpha value is -2.77. The van der Waals surface area contributed by atoms with Gasteiger partial charge >= 0.3 is 0 Å². The number of hydrogen-bond acceptors (Lipinski definition) is 4. The van der Waals surface area contributed by atoms with E-state index in [1.165, 1.54) is 0 Å². The molecule has 0 saturated heterocycles. The molecule has 0 unspecified atom stereocenters. The average molecular weight is 350 g/mol. The number of methoxy groups -OCH3 is 1. The highest BCUT2D eigenvalue weighted by Gasteiger charge is 2.03. The lowest BCUT2D eigenvalue weighted by Crippen LogP contribution is -2.27. The molecule has 4 nitrogen and oxygen atoms in total. The van der Waals surface area contributed by atoms with Gasteiger partial charge in [-0.1, -0.05) is 26.0 Å². The SMILES string of the molecule is CCN(CC)CCOc1ccc(C=C(C#N)c2ccc(OC)cc2)cc1. The second kappa shape index (κ2) is 10.3. The van der Waals surface area contributed by atoms with E-state index in [9.17, 15) is 5.26 Å². The summed E-state index contributed by atoms with van der Waals surface area (Å²) in [7, 11) is 1.63. The van der Waals surface area contributed by atoms with Gasteiger partial charge in [0, 0.05) is 6.54 Å². The van der Waals surface area contributed by atoms with E-state index >= 15 is 0 Å². The zero-order valence-corrected chi connectivity index (χ0v) is 15.7.